The topological polar surface area (TPSA) is 61.0 Å². The van der Waals surface area contributed by atoms with Gasteiger partial charge in [-0.05, 0) is 37.7 Å². The van der Waals surface area contributed by atoms with E-state index in [9.17, 15) is 0 Å². The van der Waals surface area contributed by atoms with Gasteiger partial charge in [0.1, 0.15) is 10.9 Å². The number of nitrogens with zero attached hydrogens (tertiary/aromatic N) is 2. The maximum absolute atomic E-state index is 6.20. The largest absolute Gasteiger partial charge is 0.473 e. The number of hydrogen-bond acceptors (Lipinski definition) is 5. The Hall–Kier alpha value is -1.36. The maximum atomic E-state index is 6.20. The van der Waals surface area contributed by atoms with Gasteiger partial charge in [0.15, 0.2) is 0 Å². The monoisotopic (exact) mass is 291 g/mol. The Morgan fingerprint density at radius 2 is 2.15 bits per heavy atom. The second-order valence-electron chi connectivity index (χ2n) is 5.59. The molecule has 2 heterocycles. The summed E-state index contributed by atoms with van der Waals surface area (Å²) in [5.74, 6) is 1.56. The highest BCUT2D eigenvalue weighted by Crippen LogP contribution is 2.34. The Morgan fingerprint density at radius 3 is 2.90 bits per heavy atom. The lowest BCUT2D eigenvalue weighted by Gasteiger charge is -2.28. The van der Waals surface area contributed by atoms with Crippen LogP contribution < -0.4 is 10.5 Å². The Bertz CT molecular complexity index is 610. The third-order valence-corrected chi connectivity index (χ3v) is 5.24. The standard InChI is InChI=1S/C15H21N3OS/c1-3-10-8-11-13(17-15(16)18-14(11)20-10)19-12-7-5-4-6-9(12)2/h8-9,12H,3-7H2,1-2H3,(H2,16,17,18). The van der Waals surface area contributed by atoms with Crippen LogP contribution in [0.4, 0.5) is 5.95 Å². The van der Waals surface area contributed by atoms with Crippen molar-refractivity contribution in [3.05, 3.63) is 10.9 Å². The zero-order valence-electron chi connectivity index (χ0n) is 12.1. The van der Waals surface area contributed by atoms with E-state index in [0.29, 0.717) is 17.7 Å². The first-order valence-electron chi connectivity index (χ1n) is 7.40. The van der Waals surface area contributed by atoms with Gasteiger partial charge in [-0.1, -0.05) is 20.3 Å². The summed E-state index contributed by atoms with van der Waals surface area (Å²) in [5, 5.41) is 1.01. The predicted octanol–water partition coefficient (Wildman–Crippen LogP) is 3.79. The minimum Gasteiger partial charge on any atom is -0.473 e. The molecule has 0 amide bonds. The Morgan fingerprint density at radius 1 is 1.35 bits per heavy atom. The van der Waals surface area contributed by atoms with E-state index in [2.05, 4.69) is 29.9 Å². The van der Waals surface area contributed by atoms with Gasteiger partial charge < -0.3 is 10.5 Å². The molecule has 2 atom stereocenters. The van der Waals surface area contributed by atoms with Crippen molar-refractivity contribution >= 4 is 27.5 Å². The fourth-order valence-electron chi connectivity index (χ4n) is 2.83. The highest BCUT2D eigenvalue weighted by molar-refractivity contribution is 7.18. The van der Waals surface area contributed by atoms with E-state index in [0.717, 1.165) is 23.1 Å². The van der Waals surface area contributed by atoms with Crippen LogP contribution in [0.15, 0.2) is 6.07 Å². The molecule has 0 aromatic carbocycles. The molecule has 1 fully saturated rings. The average molecular weight is 291 g/mol. The Kier molecular flexibility index (Phi) is 3.78. The molecule has 2 aromatic rings. The number of aromatic nitrogens is 2. The number of anilines is 1. The van der Waals surface area contributed by atoms with Gasteiger partial charge in [0.05, 0.1) is 5.39 Å². The fraction of sp³-hybridized carbons (Fsp3) is 0.600. The molecule has 3 rings (SSSR count). The van der Waals surface area contributed by atoms with Crippen molar-refractivity contribution in [2.45, 2.75) is 52.1 Å². The maximum Gasteiger partial charge on any atom is 0.227 e. The molecule has 20 heavy (non-hydrogen) atoms. The highest BCUT2D eigenvalue weighted by atomic mass is 32.1. The van der Waals surface area contributed by atoms with Crippen LogP contribution in [-0.4, -0.2) is 16.1 Å². The van der Waals surface area contributed by atoms with Crippen LogP contribution >= 0.6 is 11.3 Å². The lowest BCUT2D eigenvalue weighted by Crippen LogP contribution is -2.28. The lowest BCUT2D eigenvalue weighted by atomic mass is 9.88. The molecule has 2 unspecified atom stereocenters. The van der Waals surface area contributed by atoms with Crippen LogP contribution in [0, 0.1) is 5.92 Å². The number of rotatable bonds is 3. The number of nitrogens with two attached hydrogens (primary N) is 1. The van der Waals surface area contributed by atoms with Crippen LogP contribution in [0.3, 0.4) is 0 Å². The van der Waals surface area contributed by atoms with E-state index in [1.165, 1.54) is 24.1 Å². The van der Waals surface area contributed by atoms with E-state index >= 15 is 0 Å². The second-order valence-corrected chi connectivity index (χ2v) is 6.71. The number of nitrogen functional groups attached to an aromatic ring is 1. The van der Waals surface area contributed by atoms with E-state index in [-0.39, 0.29) is 6.10 Å². The van der Waals surface area contributed by atoms with Crippen molar-refractivity contribution in [3.63, 3.8) is 0 Å². The van der Waals surface area contributed by atoms with E-state index in [4.69, 9.17) is 10.5 Å². The van der Waals surface area contributed by atoms with Gasteiger partial charge in [-0.15, -0.1) is 11.3 Å². The van der Waals surface area contributed by atoms with E-state index in [1.807, 2.05) is 0 Å². The van der Waals surface area contributed by atoms with Gasteiger partial charge in [-0.25, -0.2) is 4.98 Å². The van der Waals surface area contributed by atoms with Crippen molar-refractivity contribution in [3.8, 4) is 5.88 Å². The molecule has 1 saturated carbocycles. The molecular weight excluding hydrogens is 270 g/mol. The summed E-state index contributed by atoms with van der Waals surface area (Å²) in [6.45, 7) is 4.40. The number of ether oxygens (including phenoxy) is 1. The smallest absolute Gasteiger partial charge is 0.227 e. The van der Waals surface area contributed by atoms with Crippen molar-refractivity contribution in [2.24, 2.45) is 5.92 Å². The summed E-state index contributed by atoms with van der Waals surface area (Å²) >= 11 is 1.68. The molecule has 0 spiro atoms. The van der Waals surface area contributed by atoms with Crippen molar-refractivity contribution in [2.75, 3.05) is 5.73 Å². The number of hydrogen-bond donors (Lipinski definition) is 1. The SMILES string of the molecule is CCc1cc2c(OC3CCCCC3C)nc(N)nc2s1. The molecule has 108 valence electrons. The summed E-state index contributed by atoms with van der Waals surface area (Å²) in [6.07, 6.45) is 6.14. The third kappa shape index (κ3) is 2.59. The number of aryl methyl sites for hydroxylation is 1. The lowest BCUT2D eigenvalue weighted by molar-refractivity contribution is 0.0995. The van der Waals surface area contributed by atoms with Crippen LogP contribution in [0.1, 0.15) is 44.4 Å². The average Bonchev–Trinajstić information content (AvgIpc) is 2.84. The summed E-state index contributed by atoms with van der Waals surface area (Å²) in [4.78, 5) is 10.9. The van der Waals surface area contributed by atoms with Crippen LogP contribution in [0.2, 0.25) is 0 Å². The van der Waals surface area contributed by atoms with E-state index < -0.39 is 0 Å². The summed E-state index contributed by atoms with van der Waals surface area (Å²) < 4.78 is 6.20. The summed E-state index contributed by atoms with van der Waals surface area (Å²) in [6, 6.07) is 2.14. The van der Waals surface area contributed by atoms with Crippen molar-refractivity contribution in [1.82, 2.24) is 9.97 Å². The van der Waals surface area contributed by atoms with E-state index in [1.54, 1.807) is 11.3 Å². The van der Waals surface area contributed by atoms with Gasteiger partial charge >= 0.3 is 0 Å². The van der Waals surface area contributed by atoms with Crippen molar-refractivity contribution in [1.29, 1.82) is 0 Å². The summed E-state index contributed by atoms with van der Waals surface area (Å²) in [7, 11) is 0. The van der Waals surface area contributed by atoms with Crippen LogP contribution in [0.5, 0.6) is 5.88 Å². The second kappa shape index (κ2) is 5.56. The molecule has 0 radical (unpaired) electrons. The number of fused-ring (bicyclic) bond motifs is 1. The molecule has 2 N–H and O–H groups in total. The quantitative estimate of drug-likeness (QED) is 0.934. The molecule has 1 aliphatic carbocycles. The van der Waals surface area contributed by atoms with Gasteiger partial charge in [0.2, 0.25) is 11.8 Å². The normalized spacial score (nSPS) is 23.1. The molecule has 1 aliphatic rings. The van der Waals surface area contributed by atoms with Gasteiger partial charge in [-0.2, -0.15) is 4.98 Å². The first-order valence-corrected chi connectivity index (χ1v) is 8.21. The molecule has 0 saturated heterocycles. The number of thiophene rings is 1. The zero-order chi connectivity index (χ0) is 14.1. The van der Waals surface area contributed by atoms with Crippen molar-refractivity contribution < 1.29 is 4.74 Å². The highest BCUT2D eigenvalue weighted by Gasteiger charge is 2.24. The van der Waals surface area contributed by atoms with Gasteiger partial charge in [0.25, 0.3) is 0 Å². The molecule has 2 aromatic heterocycles. The van der Waals surface area contributed by atoms with Crippen LogP contribution in [-0.2, 0) is 6.42 Å². The zero-order valence-corrected chi connectivity index (χ0v) is 12.9. The predicted molar refractivity (Wildman–Crippen MR) is 83.3 cm³/mol. The molecule has 5 heteroatoms. The third-order valence-electron chi connectivity index (χ3n) is 4.07. The Labute approximate surface area is 123 Å². The minimum absolute atomic E-state index is 0.256. The molecule has 0 aliphatic heterocycles. The first-order chi connectivity index (χ1) is 9.67. The first kappa shape index (κ1) is 13.6. The molecule has 4 nitrogen and oxygen atoms in total. The Balaban J connectivity index is 1.95. The summed E-state index contributed by atoms with van der Waals surface area (Å²) in [5.41, 5.74) is 5.82. The fourth-order valence-corrected chi connectivity index (χ4v) is 3.79. The van der Waals surface area contributed by atoms with Gasteiger partial charge in [-0.3, -0.25) is 0 Å². The van der Waals surface area contributed by atoms with Crippen LogP contribution in [0.25, 0.3) is 10.2 Å². The van der Waals surface area contributed by atoms with Gasteiger partial charge in [0, 0.05) is 4.88 Å². The minimum atomic E-state index is 0.256. The molecule has 0 bridgehead atoms. The molecular formula is C15H21N3OS.